The summed E-state index contributed by atoms with van der Waals surface area (Å²) in [5.41, 5.74) is 0.714. The highest BCUT2D eigenvalue weighted by molar-refractivity contribution is 14.1. The smallest absolute Gasteiger partial charge is 0.262 e. The number of ether oxygens (including phenoxy) is 1. The topological polar surface area (TPSA) is 58.6 Å². The average Bonchev–Trinajstić information content (AvgIpc) is 2.40. The Hall–Kier alpha value is -1.76. The van der Waals surface area contributed by atoms with E-state index in [2.05, 4.69) is 27.9 Å². The largest absolute Gasteiger partial charge is 0.504 e. The predicted octanol–water partition coefficient (Wildman–Crippen LogP) is 3.01. The maximum absolute atomic E-state index is 11.7. The fourth-order valence-corrected chi connectivity index (χ4v) is 1.81. The van der Waals surface area contributed by atoms with Crippen molar-refractivity contribution in [3.63, 3.8) is 0 Å². The number of hydrogen-bond donors (Lipinski definition) is 2. The van der Waals surface area contributed by atoms with Gasteiger partial charge in [0.05, 0.1) is 0 Å². The number of anilines is 1. The van der Waals surface area contributed by atoms with Gasteiger partial charge in [0.2, 0.25) is 0 Å². The third-order valence-corrected chi connectivity index (χ3v) is 3.07. The number of rotatable bonds is 4. The highest BCUT2D eigenvalue weighted by Gasteiger charge is 2.06. The van der Waals surface area contributed by atoms with E-state index >= 15 is 0 Å². The standard InChI is InChI=1S/C14H12INO3/c15-10-5-7-11(8-6-10)16-14(18)9-19-13-4-2-1-3-12(13)17/h1-8,17H,9H2,(H,16,18). The van der Waals surface area contributed by atoms with Gasteiger partial charge in [-0.1, -0.05) is 12.1 Å². The highest BCUT2D eigenvalue weighted by atomic mass is 127. The van der Waals surface area contributed by atoms with E-state index in [1.54, 1.807) is 18.2 Å². The quantitative estimate of drug-likeness (QED) is 0.815. The first-order valence-corrected chi connectivity index (χ1v) is 6.69. The fourth-order valence-electron chi connectivity index (χ4n) is 1.45. The molecule has 98 valence electrons. The van der Waals surface area contributed by atoms with Crippen molar-refractivity contribution in [3.05, 3.63) is 52.1 Å². The molecule has 0 aliphatic carbocycles. The van der Waals surface area contributed by atoms with Crippen LogP contribution in [0.3, 0.4) is 0 Å². The molecule has 5 heteroatoms. The van der Waals surface area contributed by atoms with Crippen molar-refractivity contribution in [3.8, 4) is 11.5 Å². The van der Waals surface area contributed by atoms with Crippen molar-refractivity contribution >= 4 is 34.2 Å². The van der Waals surface area contributed by atoms with E-state index in [4.69, 9.17) is 4.74 Å². The number of benzene rings is 2. The van der Waals surface area contributed by atoms with Gasteiger partial charge in [-0.25, -0.2) is 0 Å². The fraction of sp³-hybridized carbons (Fsp3) is 0.0714. The summed E-state index contributed by atoms with van der Waals surface area (Å²) < 4.78 is 6.33. The third kappa shape index (κ3) is 4.13. The third-order valence-electron chi connectivity index (χ3n) is 2.35. The molecule has 0 saturated heterocycles. The summed E-state index contributed by atoms with van der Waals surface area (Å²) in [6.07, 6.45) is 0. The Morgan fingerprint density at radius 1 is 1.16 bits per heavy atom. The SMILES string of the molecule is O=C(COc1ccccc1O)Nc1ccc(I)cc1. The molecule has 0 unspecified atom stereocenters. The Morgan fingerprint density at radius 3 is 2.53 bits per heavy atom. The molecule has 0 aromatic heterocycles. The van der Waals surface area contributed by atoms with E-state index in [1.165, 1.54) is 6.07 Å². The first kappa shape index (κ1) is 13.7. The molecule has 0 saturated carbocycles. The summed E-state index contributed by atoms with van der Waals surface area (Å²) in [4.78, 5) is 11.7. The summed E-state index contributed by atoms with van der Waals surface area (Å²) in [6.45, 7) is -0.149. The monoisotopic (exact) mass is 369 g/mol. The van der Waals surface area contributed by atoms with Crippen LogP contribution < -0.4 is 10.1 Å². The van der Waals surface area contributed by atoms with Crippen LogP contribution in [-0.4, -0.2) is 17.6 Å². The molecule has 0 fully saturated rings. The minimum absolute atomic E-state index is 0.0181. The minimum Gasteiger partial charge on any atom is -0.504 e. The number of nitrogens with one attached hydrogen (secondary N) is 1. The molecule has 2 aromatic carbocycles. The van der Waals surface area contributed by atoms with Crippen molar-refractivity contribution in [1.29, 1.82) is 0 Å². The van der Waals surface area contributed by atoms with Gasteiger partial charge < -0.3 is 15.2 Å². The minimum atomic E-state index is -0.274. The Labute approximate surface area is 124 Å². The maximum Gasteiger partial charge on any atom is 0.262 e. The molecular weight excluding hydrogens is 357 g/mol. The number of hydrogen-bond acceptors (Lipinski definition) is 3. The van der Waals surface area contributed by atoms with Crippen LogP contribution in [0.4, 0.5) is 5.69 Å². The van der Waals surface area contributed by atoms with Crippen LogP contribution in [0.5, 0.6) is 11.5 Å². The molecule has 0 radical (unpaired) electrons. The van der Waals surface area contributed by atoms with Gasteiger partial charge in [-0.05, 0) is 59.0 Å². The van der Waals surface area contributed by atoms with Gasteiger partial charge in [-0.2, -0.15) is 0 Å². The normalized spacial score (nSPS) is 9.95. The molecule has 0 aliphatic rings. The average molecular weight is 369 g/mol. The predicted molar refractivity (Wildman–Crippen MR) is 81.4 cm³/mol. The van der Waals surface area contributed by atoms with Crippen molar-refractivity contribution < 1.29 is 14.6 Å². The number of phenolic OH excluding ortho intramolecular Hbond substituents is 1. The van der Waals surface area contributed by atoms with Gasteiger partial charge in [0.1, 0.15) is 0 Å². The van der Waals surface area contributed by atoms with Gasteiger partial charge in [-0.15, -0.1) is 0 Å². The number of amides is 1. The number of carbonyl (C=O) groups is 1. The van der Waals surface area contributed by atoms with Gasteiger partial charge >= 0.3 is 0 Å². The molecule has 0 heterocycles. The van der Waals surface area contributed by atoms with Crippen LogP contribution in [-0.2, 0) is 4.79 Å². The number of aromatic hydroxyl groups is 1. The summed E-state index contributed by atoms with van der Waals surface area (Å²) in [5, 5.41) is 12.2. The zero-order valence-corrected chi connectivity index (χ0v) is 12.1. The zero-order chi connectivity index (χ0) is 13.7. The first-order valence-electron chi connectivity index (χ1n) is 5.61. The molecular formula is C14H12INO3. The van der Waals surface area contributed by atoms with E-state index < -0.39 is 0 Å². The molecule has 2 rings (SSSR count). The molecule has 0 aliphatic heterocycles. The lowest BCUT2D eigenvalue weighted by Crippen LogP contribution is -2.20. The van der Waals surface area contributed by atoms with E-state index in [0.717, 1.165) is 3.57 Å². The van der Waals surface area contributed by atoms with Crippen LogP contribution in [0, 0.1) is 3.57 Å². The van der Waals surface area contributed by atoms with Gasteiger partial charge in [0.25, 0.3) is 5.91 Å². The molecule has 19 heavy (non-hydrogen) atoms. The second kappa shape index (κ2) is 6.42. The van der Waals surface area contributed by atoms with E-state index in [0.29, 0.717) is 11.4 Å². The van der Waals surface area contributed by atoms with Crippen LogP contribution in [0.15, 0.2) is 48.5 Å². The lowest BCUT2D eigenvalue weighted by Gasteiger charge is -2.08. The van der Waals surface area contributed by atoms with Crippen molar-refractivity contribution in [2.45, 2.75) is 0 Å². The lowest BCUT2D eigenvalue weighted by atomic mass is 10.3. The Kier molecular flexibility index (Phi) is 4.62. The number of para-hydroxylation sites is 2. The molecule has 2 aromatic rings. The number of carbonyl (C=O) groups excluding carboxylic acids is 1. The van der Waals surface area contributed by atoms with Crippen LogP contribution >= 0.6 is 22.6 Å². The van der Waals surface area contributed by atoms with Gasteiger partial charge in [-0.3, -0.25) is 4.79 Å². The van der Waals surface area contributed by atoms with Crippen LogP contribution in [0.2, 0.25) is 0 Å². The van der Waals surface area contributed by atoms with Crippen molar-refractivity contribution in [2.75, 3.05) is 11.9 Å². The van der Waals surface area contributed by atoms with E-state index in [-0.39, 0.29) is 18.3 Å². The Morgan fingerprint density at radius 2 is 1.84 bits per heavy atom. The molecule has 4 nitrogen and oxygen atoms in total. The number of phenols is 1. The highest BCUT2D eigenvalue weighted by Crippen LogP contribution is 2.24. The Balaban J connectivity index is 1.88. The van der Waals surface area contributed by atoms with E-state index in [9.17, 15) is 9.90 Å². The van der Waals surface area contributed by atoms with Gasteiger partial charge in [0, 0.05) is 9.26 Å². The first-order chi connectivity index (χ1) is 9.15. The lowest BCUT2D eigenvalue weighted by molar-refractivity contribution is -0.118. The van der Waals surface area contributed by atoms with Crippen molar-refractivity contribution in [2.24, 2.45) is 0 Å². The Bertz CT molecular complexity index is 569. The molecule has 0 bridgehead atoms. The molecule has 0 spiro atoms. The summed E-state index contributed by atoms with van der Waals surface area (Å²) in [5.74, 6) is 0.0364. The second-order valence-electron chi connectivity index (χ2n) is 3.81. The van der Waals surface area contributed by atoms with Crippen molar-refractivity contribution in [1.82, 2.24) is 0 Å². The maximum atomic E-state index is 11.7. The summed E-state index contributed by atoms with van der Waals surface area (Å²) in [7, 11) is 0. The molecule has 1 amide bonds. The van der Waals surface area contributed by atoms with E-state index in [1.807, 2.05) is 24.3 Å². The zero-order valence-electron chi connectivity index (χ0n) is 9.97. The van der Waals surface area contributed by atoms with Crippen LogP contribution in [0.25, 0.3) is 0 Å². The summed E-state index contributed by atoms with van der Waals surface area (Å²) >= 11 is 2.19. The summed E-state index contributed by atoms with van der Waals surface area (Å²) in [6, 6.07) is 14.0. The molecule has 2 N–H and O–H groups in total. The van der Waals surface area contributed by atoms with Crippen LogP contribution in [0.1, 0.15) is 0 Å². The van der Waals surface area contributed by atoms with Gasteiger partial charge in [0.15, 0.2) is 18.1 Å². The molecule has 0 atom stereocenters. The number of halogens is 1. The second-order valence-corrected chi connectivity index (χ2v) is 5.06.